The maximum Gasteiger partial charge on any atom is 0.219 e. The number of carbonyl (C=O) groups is 2. The Hall–Kier alpha value is -1.02. The lowest BCUT2D eigenvalue weighted by Gasteiger charge is -2.31. The van der Waals surface area contributed by atoms with Gasteiger partial charge in [0.1, 0.15) is 30.6 Å². The topological polar surface area (TPSA) is 118 Å². The molecule has 4 atom stereocenters. The fraction of sp³-hybridized carbons (Fsp3) is 0.778. The first-order valence-corrected chi connectivity index (χ1v) is 4.70. The molecular formula is C9H17NO6. The second kappa shape index (κ2) is 6.54. The molecule has 4 N–H and O–H groups in total. The first-order valence-electron chi connectivity index (χ1n) is 4.70. The van der Waals surface area contributed by atoms with Crippen LogP contribution in [0.2, 0.25) is 0 Å². The maximum atomic E-state index is 11.0. The normalized spacial score (nSPS) is 18.4. The largest absolute Gasteiger partial charge is 0.394 e. The molecule has 0 bridgehead atoms. The van der Waals surface area contributed by atoms with Crippen molar-refractivity contribution in [1.29, 1.82) is 0 Å². The third kappa shape index (κ3) is 3.53. The average molecular weight is 235 g/mol. The molecule has 16 heavy (non-hydrogen) atoms. The van der Waals surface area contributed by atoms with E-state index >= 15 is 0 Å². The molecule has 0 spiro atoms. The van der Waals surface area contributed by atoms with Crippen molar-refractivity contribution in [3.05, 3.63) is 0 Å². The van der Waals surface area contributed by atoms with Crippen molar-refractivity contribution in [2.45, 2.75) is 31.3 Å². The van der Waals surface area contributed by atoms with Gasteiger partial charge in [-0.1, -0.05) is 0 Å². The molecule has 0 aromatic heterocycles. The summed E-state index contributed by atoms with van der Waals surface area (Å²) in [6.07, 6.45) is -4.65. The van der Waals surface area contributed by atoms with E-state index in [4.69, 9.17) is 10.2 Å². The van der Waals surface area contributed by atoms with Gasteiger partial charge in [0.15, 0.2) is 0 Å². The summed E-state index contributed by atoms with van der Waals surface area (Å²) >= 11 is 0. The molecule has 0 radical (unpaired) electrons. The third-order valence-electron chi connectivity index (χ3n) is 2.36. The monoisotopic (exact) mass is 235 g/mol. The zero-order chi connectivity index (χ0) is 12.9. The Bertz CT molecular complexity index is 246. The van der Waals surface area contributed by atoms with Crippen molar-refractivity contribution in [3.8, 4) is 0 Å². The summed E-state index contributed by atoms with van der Waals surface area (Å²) in [7, 11) is 1.28. The summed E-state index contributed by atoms with van der Waals surface area (Å²) in [5.74, 6) is -0.471. The van der Waals surface area contributed by atoms with Crippen molar-refractivity contribution in [2.75, 3.05) is 13.7 Å². The minimum Gasteiger partial charge on any atom is -0.394 e. The second-order valence-corrected chi connectivity index (χ2v) is 3.49. The van der Waals surface area contributed by atoms with Crippen LogP contribution in [0.4, 0.5) is 0 Å². The van der Waals surface area contributed by atoms with Gasteiger partial charge in [0, 0.05) is 14.0 Å². The number of amides is 1. The van der Waals surface area contributed by atoms with Crippen molar-refractivity contribution < 1.29 is 30.0 Å². The Morgan fingerprint density at radius 1 is 1.31 bits per heavy atom. The first kappa shape index (κ1) is 15.0. The van der Waals surface area contributed by atoms with E-state index in [0.717, 1.165) is 4.90 Å². The van der Waals surface area contributed by atoms with Gasteiger partial charge in [-0.2, -0.15) is 0 Å². The molecule has 0 aliphatic carbocycles. The minimum atomic E-state index is -1.71. The maximum absolute atomic E-state index is 11.0. The number of aliphatic hydroxyl groups excluding tert-OH is 4. The highest BCUT2D eigenvalue weighted by molar-refractivity contribution is 5.77. The summed E-state index contributed by atoms with van der Waals surface area (Å²) in [6.45, 7) is 0.436. The number of carbonyl (C=O) groups excluding carboxylic acids is 2. The Morgan fingerprint density at radius 2 is 1.81 bits per heavy atom. The molecule has 0 rings (SSSR count). The van der Waals surface area contributed by atoms with Crippen molar-refractivity contribution >= 4 is 12.2 Å². The Morgan fingerprint density at radius 3 is 2.12 bits per heavy atom. The lowest BCUT2D eigenvalue weighted by Crippen LogP contribution is -2.53. The van der Waals surface area contributed by atoms with E-state index in [1.54, 1.807) is 0 Å². The first-order chi connectivity index (χ1) is 7.36. The lowest BCUT2D eigenvalue weighted by atomic mass is 10.0. The lowest BCUT2D eigenvalue weighted by molar-refractivity contribution is -0.143. The van der Waals surface area contributed by atoms with Crippen LogP contribution in [0.1, 0.15) is 6.92 Å². The summed E-state index contributed by atoms with van der Waals surface area (Å²) < 4.78 is 0. The Balaban J connectivity index is 4.70. The van der Waals surface area contributed by atoms with E-state index in [2.05, 4.69) is 0 Å². The molecule has 0 aliphatic rings. The van der Waals surface area contributed by atoms with Crippen LogP contribution in [-0.2, 0) is 9.59 Å². The van der Waals surface area contributed by atoms with Crippen LogP contribution in [0.3, 0.4) is 0 Å². The van der Waals surface area contributed by atoms with Gasteiger partial charge in [0.05, 0.1) is 6.61 Å². The van der Waals surface area contributed by atoms with Gasteiger partial charge in [-0.05, 0) is 0 Å². The molecule has 0 saturated carbocycles. The highest BCUT2D eigenvalue weighted by Crippen LogP contribution is 2.08. The highest BCUT2D eigenvalue weighted by Gasteiger charge is 2.34. The summed E-state index contributed by atoms with van der Waals surface area (Å²) in [6, 6.07) is -1.27. The van der Waals surface area contributed by atoms with Crippen LogP contribution < -0.4 is 0 Å². The minimum absolute atomic E-state index is 0.291. The summed E-state index contributed by atoms with van der Waals surface area (Å²) in [5, 5.41) is 36.6. The summed E-state index contributed by atoms with van der Waals surface area (Å²) in [5.41, 5.74) is 0. The Labute approximate surface area is 92.9 Å². The molecule has 0 unspecified atom stereocenters. The average Bonchev–Trinajstić information content (AvgIpc) is 2.27. The summed E-state index contributed by atoms with van der Waals surface area (Å²) in [4.78, 5) is 22.6. The predicted molar refractivity (Wildman–Crippen MR) is 53.4 cm³/mol. The van der Waals surface area contributed by atoms with Crippen molar-refractivity contribution in [3.63, 3.8) is 0 Å². The SMILES string of the molecule is CC(=O)N(C)[C@@H](C=O)[C@@H](O)[C@H](O)[C@H](O)CO. The molecule has 0 aromatic rings. The van der Waals surface area contributed by atoms with E-state index in [9.17, 15) is 19.8 Å². The molecule has 1 amide bonds. The van der Waals surface area contributed by atoms with Gasteiger partial charge in [-0.3, -0.25) is 4.79 Å². The number of aldehydes is 1. The molecular weight excluding hydrogens is 218 g/mol. The van der Waals surface area contributed by atoms with Crippen LogP contribution in [0.25, 0.3) is 0 Å². The molecule has 0 saturated heterocycles. The van der Waals surface area contributed by atoms with Gasteiger partial charge >= 0.3 is 0 Å². The number of aliphatic hydroxyl groups is 4. The number of likely N-dealkylation sites (N-methyl/N-ethyl adjacent to an activating group) is 1. The van der Waals surface area contributed by atoms with Gasteiger partial charge in [0.2, 0.25) is 5.91 Å². The standard InChI is InChI=1S/C9H17NO6/c1-5(13)10(2)6(3-11)8(15)9(16)7(14)4-12/h3,6-9,12,14-16H,4H2,1-2H3/t6-,7+,8+,9+/m0/s1. The van der Waals surface area contributed by atoms with E-state index in [-0.39, 0.29) is 0 Å². The zero-order valence-electron chi connectivity index (χ0n) is 9.15. The number of hydrogen-bond donors (Lipinski definition) is 4. The molecule has 0 aliphatic heterocycles. The van der Waals surface area contributed by atoms with Crippen molar-refractivity contribution in [2.24, 2.45) is 0 Å². The molecule has 7 heteroatoms. The Kier molecular flexibility index (Phi) is 6.12. The van der Waals surface area contributed by atoms with Crippen LogP contribution in [-0.4, -0.2) is 75.5 Å². The molecule has 7 nitrogen and oxygen atoms in total. The smallest absolute Gasteiger partial charge is 0.219 e. The van der Waals surface area contributed by atoms with Gasteiger partial charge in [-0.25, -0.2) is 0 Å². The van der Waals surface area contributed by atoms with Crippen LogP contribution in [0.15, 0.2) is 0 Å². The fourth-order valence-corrected chi connectivity index (χ4v) is 1.15. The molecule has 0 heterocycles. The van der Waals surface area contributed by atoms with Gasteiger partial charge in [-0.15, -0.1) is 0 Å². The van der Waals surface area contributed by atoms with Crippen LogP contribution in [0, 0.1) is 0 Å². The van der Waals surface area contributed by atoms with E-state index in [1.807, 2.05) is 0 Å². The molecule has 0 fully saturated rings. The third-order valence-corrected chi connectivity index (χ3v) is 2.36. The van der Waals surface area contributed by atoms with Gasteiger partial charge < -0.3 is 30.1 Å². The van der Waals surface area contributed by atoms with E-state index in [1.165, 1.54) is 14.0 Å². The van der Waals surface area contributed by atoms with Gasteiger partial charge in [0.25, 0.3) is 0 Å². The number of hydrogen-bond acceptors (Lipinski definition) is 6. The van der Waals surface area contributed by atoms with E-state index in [0.29, 0.717) is 6.29 Å². The van der Waals surface area contributed by atoms with Crippen LogP contribution in [0.5, 0.6) is 0 Å². The number of rotatable bonds is 6. The molecule has 94 valence electrons. The second-order valence-electron chi connectivity index (χ2n) is 3.49. The predicted octanol–water partition coefficient (Wildman–Crippen LogP) is -2.89. The highest BCUT2D eigenvalue weighted by atomic mass is 16.4. The van der Waals surface area contributed by atoms with E-state index < -0.39 is 36.9 Å². The quantitative estimate of drug-likeness (QED) is 0.367. The molecule has 0 aromatic carbocycles. The van der Waals surface area contributed by atoms with Crippen LogP contribution >= 0.6 is 0 Å². The van der Waals surface area contributed by atoms with Crippen molar-refractivity contribution in [1.82, 2.24) is 4.90 Å². The zero-order valence-corrected chi connectivity index (χ0v) is 9.15. The fourth-order valence-electron chi connectivity index (χ4n) is 1.15. The number of nitrogens with zero attached hydrogens (tertiary/aromatic N) is 1.